The second-order valence-electron chi connectivity index (χ2n) is 7.72. The summed E-state index contributed by atoms with van der Waals surface area (Å²) >= 11 is 0. The van der Waals surface area contributed by atoms with E-state index in [9.17, 15) is 22.7 Å². The van der Waals surface area contributed by atoms with Crippen molar-refractivity contribution >= 4 is 0 Å². The van der Waals surface area contributed by atoms with Crippen LogP contribution in [0.15, 0.2) is 67.1 Å². The second-order valence-corrected chi connectivity index (χ2v) is 7.72. The molecule has 1 N–H and O–H groups in total. The lowest BCUT2D eigenvalue weighted by Crippen LogP contribution is -2.48. The third-order valence-electron chi connectivity index (χ3n) is 5.33. The highest BCUT2D eigenvalue weighted by Gasteiger charge is 2.58. The largest absolute Gasteiger partial charge is 0.488 e. The molecule has 7 nitrogen and oxygen atoms in total. The van der Waals surface area contributed by atoms with Crippen LogP contribution in [0.1, 0.15) is 11.3 Å². The van der Waals surface area contributed by atoms with Gasteiger partial charge < -0.3 is 9.84 Å². The van der Waals surface area contributed by atoms with Crippen LogP contribution in [-0.4, -0.2) is 43.3 Å². The maximum atomic E-state index is 15.8. The van der Waals surface area contributed by atoms with Crippen molar-refractivity contribution < 1.29 is 36.2 Å². The summed E-state index contributed by atoms with van der Waals surface area (Å²) in [6.45, 7) is -1.74. The van der Waals surface area contributed by atoms with Gasteiger partial charge in [0.05, 0.1) is 6.54 Å². The molecule has 4 rings (SSSR count). The van der Waals surface area contributed by atoms with Gasteiger partial charge in [-0.05, 0) is 46.3 Å². The minimum Gasteiger partial charge on any atom is -0.488 e. The van der Waals surface area contributed by atoms with Gasteiger partial charge >= 0.3 is 5.92 Å². The van der Waals surface area contributed by atoms with E-state index in [0.29, 0.717) is 17.2 Å². The number of pyridine rings is 1. The van der Waals surface area contributed by atoms with Crippen molar-refractivity contribution in [3.8, 4) is 16.9 Å². The van der Waals surface area contributed by atoms with Crippen molar-refractivity contribution in [1.82, 2.24) is 25.2 Å². The zero-order valence-electron chi connectivity index (χ0n) is 18.2. The number of nitrogens with zero attached hydrogens (tertiary/aromatic N) is 5. The normalized spacial score (nSPS) is 13.6. The monoisotopic (exact) mass is 509 g/mol. The smallest absolute Gasteiger partial charge is 0.323 e. The fourth-order valence-electron chi connectivity index (χ4n) is 3.53. The Morgan fingerprint density at radius 2 is 1.69 bits per heavy atom. The molecule has 0 radical (unpaired) electrons. The number of hydrogen-bond acceptors (Lipinski definition) is 6. The van der Waals surface area contributed by atoms with E-state index in [4.69, 9.17) is 4.74 Å². The zero-order chi connectivity index (χ0) is 25.9. The molecule has 36 heavy (non-hydrogen) atoms. The van der Waals surface area contributed by atoms with Crippen molar-refractivity contribution in [2.75, 3.05) is 6.61 Å². The molecular formula is C23H17F6N5O2. The van der Waals surface area contributed by atoms with E-state index in [-0.39, 0.29) is 5.75 Å². The molecule has 2 aromatic carbocycles. The van der Waals surface area contributed by atoms with Gasteiger partial charge in [0.1, 0.15) is 36.0 Å². The van der Waals surface area contributed by atoms with Gasteiger partial charge in [0.25, 0.3) is 6.43 Å². The lowest BCUT2D eigenvalue weighted by Gasteiger charge is -2.35. The van der Waals surface area contributed by atoms with Crippen LogP contribution in [0.4, 0.5) is 26.3 Å². The molecule has 188 valence electrons. The number of benzene rings is 2. The molecule has 0 saturated carbocycles. The van der Waals surface area contributed by atoms with Crippen molar-refractivity contribution in [3.05, 3.63) is 90.0 Å². The number of tetrazole rings is 1. The fraction of sp³-hybridized carbons (Fsp3) is 0.217. The third kappa shape index (κ3) is 5.00. The average Bonchev–Trinajstić information content (AvgIpc) is 3.35. The number of halogens is 6. The molecule has 1 atom stereocenters. The van der Waals surface area contributed by atoms with Crippen LogP contribution in [0.2, 0.25) is 0 Å². The first kappa shape index (κ1) is 25.1. The molecule has 0 aliphatic heterocycles. The van der Waals surface area contributed by atoms with Gasteiger partial charge in [-0.15, -0.1) is 5.10 Å². The first-order valence-corrected chi connectivity index (χ1v) is 10.3. The molecule has 0 aliphatic rings. The van der Waals surface area contributed by atoms with Crippen molar-refractivity contribution in [3.63, 3.8) is 0 Å². The molecule has 4 aromatic rings. The minimum atomic E-state index is -4.19. The summed E-state index contributed by atoms with van der Waals surface area (Å²) in [4.78, 5) is 3.78. The molecule has 13 heteroatoms. The predicted molar refractivity (Wildman–Crippen MR) is 113 cm³/mol. The van der Waals surface area contributed by atoms with E-state index in [2.05, 4.69) is 20.5 Å². The second kappa shape index (κ2) is 9.93. The molecule has 0 bridgehead atoms. The molecular weight excluding hydrogens is 492 g/mol. The number of alkyl halides is 4. The van der Waals surface area contributed by atoms with Crippen molar-refractivity contribution in [1.29, 1.82) is 0 Å². The number of rotatable bonds is 9. The van der Waals surface area contributed by atoms with E-state index in [0.717, 1.165) is 35.4 Å². The SMILES string of the molecule is O[C@@](Cn1cnnn1)(c1ccc(F)cc1F)C(F)(F)c1ccc(-c2ccc(OCC(F)F)cc2)cn1. The van der Waals surface area contributed by atoms with Gasteiger partial charge in [0, 0.05) is 23.4 Å². The summed E-state index contributed by atoms with van der Waals surface area (Å²) in [6.07, 6.45) is -0.573. The summed E-state index contributed by atoms with van der Waals surface area (Å²) < 4.78 is 89.8. The highest BCUT2D eigenvalue weighted by molar-refractivity contribution is 5.63. The van der Waals surface area contributed by atoms with Crippen LogP contribution in [0, 0.1) is 11.6 Å². The summed E-state index contributed by atoms with van der Waals surface area (Å²) in [5.74, 6) is -6.40. The molecule has 2 heterocycles. The van der Waals surface area contributed by atoms with Crippen LogP contribution in [0.5, 0.6) is 5.75 Å². The van der Waals surface area contributed by atoms with Crippen molar-refractivity contribution in [2.45, 2.75) is 24.5 Å². The Morgan fingerprint density at radius 1 is 0.972 bits per heavy atom. The maximum absolute atomic E-state index is 15.8. The Morgan fingerprint density at radius 3 is 2.28 bits per heavy atom. The van der Waals surface area contributed by atoms with Gasteiger partial charge in [-0.3, -0.25) is 4.98 Å². The zero-order valence-corrected chi connectivity index (χ0v) is 18.2. The van der Waals surface area contributed by atoms with E-state index in [1.165, 1.54) is 30.3 Å². The lowest BCUT2D eigenvalue weighted by atomic mass is 9.84. The molecule has 0 fully saturated rings. The standard InChI is InChI=1S/C23H17F6N5O2/c24-16-4-7-18(19(25)9-16)22(35,12-34-13-31-32-33-34)23(28,29)20-8-3-15(10-30-20)14-1-5-17(6-2-14)36-11-21(26)27/h1-10,13,21,35H,11-12H2/t22-/m0/s1. The Bertz CT molecular complexity index is 1300. The van der Waals surface area contributed by atoms with Crippen LogP contribution >= 0.6 is 0 Å². The Labute approximate surface area is 200 Å². The van der Waals surface area contributed by atoms with Gasteiger partial charge in [-0.2, -0.15) is 8.78 Å². The summed E-state index contributed by atoms with van der Waals surface area (Å²) in [5.41, 5.74) is -4.11. The van der Waals surface area contributed by atoms with Crippen LogP contribution in [-0.2, 0) is 18.1 Å². The molecule has 0 spiro atoms. The number of hydrogen-bond donors (Lipinski definition) is 1. The topological polar surface area (TPSA) is 86.0 Å². The lowest BCUT2D eigenvalue weighted by molar-refractivity contribution is -0.207. The van der Waals surface area contributed by atoms with Gasteiger partial charge in [-0.25, -0.2) is 22.2 Å². The fourth-order valence-corrected chi connectivity index (χ4v) is 3.53. The molecule has 0 saturated heterocycles. The van der Waals surface area contributed by atoms with Crippen LogP contribution in [0.25, 0.3) is 11.1 Å². The first-order valence-electron chi connectivity index (χ1n) is 10.3. The highest BCUT2D eigenvalue weighted by Crippen LogP contribution is 2.46. The Balaban J connectivity index is 1.66. The summed E-state index contributed by atoms with van der Waals surface area (Å²) in [5, 5.41) is 21.3. The number of ether oxygens (including phenoxy) is 1. The van der Waals surface area contributed by atoms with Crippen LogP contribution in [0.3, 0.4) is 0 Å². The minimum absolute atomic E-state index is 0.198. The quantitative estimate of drug-likeness (QED) is 0.338. The maximum Gasteiger partial charge on any atom is 0.323 e. The molecule has 0 aliphatic carbocycles. The van der Waals surface area contributed by atoms with Crippen LogP contribution < -0.4 is 4.74 Å². The van der Waals surface area contributed by atoms with E-state index < -0.39 is 54.0 Å². The van der Waals surface area contributed by atoms with E-state index in [1.54, 1.807) is 0 Å². The van der Waals surface area contributed by atoms with E-state index >= 15 is 8.78 Å². The van der Waals surface area contributed by atoms with Crippen molar-refractivity contribution in [2.24, 2.45) is 0 Å². The van der Waals surface area contributed by atoms with Gasteiger partial charge in [0.2, 0.25) is 0 Å². The Hall–Kier alpha value is -4.00. The predicted octanol–water partition coefficient (Wildman–Crippen LogP) is 4.34. The van der Waals surface area contributed by atoms with Gasteiger partial charge in [-0.1, -0.05) is 18.2 Å². The van der Waals surface area contributed by atoms with E-state index in [1.807, 2.05) is 0 Å². The summed E-state index contributed by atoms with van der Waals surface area (Å²) in [7, 11) is 0. The first-order chi connectivity index (χ1) is 17.1. The van der Waals surface area contributed by atoms with Gasteiger partial charge in [0.15, 0.2) is 5.60 Å². The molecule has 0 amide bonds. The average molecular weight is 509 g/mol. The Kier molecular flexibility index (Phi) is 6.93. The number of aromatic nitrogens is 5. The highest BCUT2D eigenvalue weighted by atomic mass is 19.3. The molecule has 2 aromatic heterocycles. The number of aliphatic hydroxyl groups is 1. The summed E-state index contributed by atoms with van der Waals surface area (Å²) in [6, 6.07) is 9.99. The molecule has 0 unspecified atom stereocenters. The third-order valence-corrected chi connectivity index (χ3v) is 5.33.